The van der Waals surface area contributed by atoms with Crippen molar-refractivity contribution in [2.75, 3.05) is 37.7 Å². The fourth-order valence-corrected chi connectivity index (χ4v) is 6.02. The first-order chi connectivity index (χ1) is 19.0. The van der Waals surface area contributed by atoms with E-state index in [1.54, 1.807) is 6.20 Å². The summed E-state index contributed by atoms with van der Waals surface area (Å²) in [6, 6.07) is 21.6. The Morgan fingerprint density at radius 2 is 1.59 bits per heavy atom. The molecule has 2 aliphatic rings. The molecule has 1 saturated carbocycles. The number of hydrogen-bond acceptors (Lipinski definition) is 5. The highest BCUT2D eigenvalue weighted by atomic mass is 32.2. The largest absolute Gasteiger partial charge is 0.486 e. The van der Waals surface area contributed by atoms with Crippen LogP contribution in [-0.4, -0.2) is 55.6 Å². The van der Waals surface area contributed by atoms with Gasteiger partial charge in [-0.15, -0.1) is 0 Å². The van der Waals surface area contributed by atoms with Gasteiger partial charge in [0.25, 0.3) is 0 Å². The fraction of sp³-hybridized carbons (Fsp3) is 0.333. The number of ether oxygens (including phenoxy) is 1. The molecule has 0 N–H and O–H groups in total. The molecule has 1 unspecified atom stereocenters. The Balaban J connectivity index is 1.14. The number of para-hydroxylation sites is 1. The van der Waals surface area contributed by atoms with Gasteiger partial charge in [0.15, 0.2) is 0 Å². The number of aromatic nitrogens is 3. The Labute approximate surface area is 231 Å². The molecular formula is C30H33N5O3S. The Morgan fingerprint density at radius 1 is 0.897 bits per heavy atom. The van der Waals surface area contributed by atoms with Gasteiger partial charge in [-0.3, -0.25) is 4.79 Å². The summed E-state index contributed by atoms with van der Waals surface area (Å²) in [5, 5.41) is 4.49. The maximum Gasteiger partial charge on any atom is 0.316 e. The fourth-order valence-electron chi connectivity index (χ4n) is 4.78. The molecule has 6 rings (SSSR count). The van der Waals surface area contributed by atoms with Crippen molar-refractivity contribution >= 4 is 16.7 Å². The van der Waals surface area contributed by atoms with E-state index in [2.05, 4.69) is 33.6 Å². The van der Waals surface area contributed by atoms with Gasteiger partial charge in [0.1, 0.15) is 5.69 Å². The third-order valence-electron chi connectivity index (χ3n) is 7.58. The molecule has 1 aliphatic heterocycles. The van der Waals surface area contributed by atoms with E-state index in [-0.39, 0.29) is 11.0 Å². The van der Waals surface area contributed by atoms with E-state index in [1.807, 2.05) is 71.3 Å². The first kappa shape index (κ1) is 25.6. The summed E-state index contributed by atoms with van der Waals surface area (Å²) in [6.07, 6.45) is 7.97. The van der Waals surface area contributed by atoms with Crippen molar-refractivity contribution in [3.05, 3.63) is 101 Å². The second-order valence-electron chi connectivity index (χ2n) is 10.6. The molecule has 2 aromatic heterocycles. The Bertz CT molecular complexity index is 1490. The zero-order valence-electron chi connectivity index (χ0n) is 22.1. The van der Waals surface area contributed by atoms with Crippen LogP contribution in [0.2, 0.25) is 0 Å². The third-order valence-corrected chi connectivity index (χ3v) is 9.10. The molecule has 0 spiro atoms. The lowest BCUT2D eigenvalue weighted by molar-refractivity contribution is 0.242. The number of benzene rings is 2. The highest BCUT2D eigenvalue weighted by Crippen LogP contribution is 2.45. The lowest BCUT2D eigenvalue weighted by Crippen LogP contribution is -2.47. The van der Waals surface area contributed by atoms with Gasteiger partial charge >= 0.3 is 5.56 Å². The molecule has 0 bridgehead atoms. The van der Waals surface area contributed by atoms with Crippen LogP contribution in [0.5, 0.6) is 5.75 Å². The quantitative estimate of drug-likeness (QED) is 0.317. The molecule has 8 nitrogen and oxygen atoms in total. The molecule has 0 amide bonds. The molecular weight excluding hydrogens is 510 g/mol. The van der Waals surface area contributed by atoms with Crippen LogP contribution < -0.4 is 15.2 Å². The van der Waals surface area contributed by atoms with Crippen molar-refractivity contribution in [2.24, 2.45) is 5.41 Å². The molecule has 4 aromatic rings. The van der Waals surface area contributed by atoms with Gasteiger partial charge in [0.05, 0.1) is 35.2 Å². The summed E-state index contributed by atoms with van der Waals surface area (Å²) in [5.41, 5.74) is 3.43. The molecule has 9 heteroatoms. The van der Waals surface area contributed by atoms with Crippen LogP contribution in [-0.2, 0) is 16.7 Å². The molecule has 2 fully saturated rings. The van der Waals surface area contributed by atoms with Crippen LogP contribution in [0, 0.1) is 5.41 Å². The van der Waals surface area contributed by atoms with E-state index >= 15 is 0 Å². The molecule has 3 heterocycles. The standard InChI is InChI=1S/C30H33N5O3S/c1-30(13-14-30)23-38-28-27(21-31-35(29(28)36)26-7-3-2-4-8-26)33-17-19-34(20-18-33)39(37)22-24-9-11-25(12-10-24)32-15-5-6-16-32/h2-12,15-16,21H,13-14,17-20,22-23H2,1H3. The van der Waals surface area contributed by atoms with Gasteiger partial charge in [-0.25, -0.2) is 8.51 Å². The minimum absolute atomic E-state index is 0.139. The lowest BCUT2D eigenvalue weighted by Gasteiger charge is -2.35. The van der Waals surface area contributed by atoms with E-state index in [0.29, 0.717) is 55.7 Å². The van der Waals surface area contributed by atoms with E-state index in [4.69, 9.17) is 4.74 Å². The van der Waals surface area contributed by atoms with Crippen molar-refractivity contribution in [1.82, 2.24) is 18.7 Å². The normalized spacial score (nSPS) is 17.6. The van der Waals surface area contributed by atoms with Crippen molar-refractivity contribution in [3.63, 3.8) is 0 Å². The zero-order valence-corrected chi connectivity index (χ0v) is 22.9. The SMILES string of the molecule is CC1(COc2c(N3CCN(S(=O)Cc4ccc(-n5cccc5)cc4)CC3)cnn(-c3ccccc3)c2=O)CC1. The molecule has 1 atom stereocenters. The van der Waals surface area contributed by atoms with E-state index in [9.17, 15) is 9.00 Å². The minimum atomic E-state index is -1.13. The Hall–Kier alpha value is -3.69. The van der Waals surface area contributed by atoms with E-state index in [0.717, 1.165) is 24.1 Å². The van der Waals surface area contributed by atoms with Crippen LogP contribution in [0.4, 0.5) is 5.69 Å². The highest BCUT2D eigenvalue weighted by Gasteiger charge is 2.39. The first-order valence-corrected chi connectivity index (χ1v) is 14.7. The van der Waals surface area contributed by atoms with Crippen LogP contribution >= 0.6 is 0 Å². The smallest absolute Gasteiger partial charge is 0.316 e. The molecule has 39 heavy (non-hydrogen) atoms. The summed E-state index contributed by atoms with van der Waals surface area (Å²) in [5.74, 6) is 0.826. The van der Waals surface area contributed by atoms with Crippen LogP contribution in [0.1, 0.15) is 25.3 Å². The van der Waals surface area contributed by atoms with Crippen molar-refractivity contribution in [1.29, 1.82) is 0 Å². The van der Waals surface area contributed by atoms with E-state index < -0.39 is 11.0 Å². The van der Waals surface area contributed by atoms with Crippen molar-refractivity contribution < 1.29 is 8.95 Å². The molecule has 0 radical (unpaired) electrons. The maximum absolute atomic E-state index is 13.5. The van der Waals surface area contributed by atoms with Crippen LogP contribution in [0.15, 0.2) is 90.1 Å². The summed E-state index contributed by atoms with van der Waals surface area (Å²) >= 11 is 0. The second-order valence-corrected chi connectivity index (χ2v) is 12.1. The summed E-state index contributed by atoms with van der Waals surface area (Å²) < 4.78 is 24.9. The predicted molar refractivity (Wildman–Crippen MR) is 154 cm³/mol. The average molecular weight is 544 g/mol. The van der Waals surface area contributed by atoms with Gasteiger partial charge in [-0.05, 0) is 54.8 Å². The first-order valence-electron chi connectivity index (χ1n) is 13.4. The van der Waals surface area contributed by atoms with Gasteiger partial charge in [0, 0.05) is 49.7 Å². The Kier molecular flexibility index (Phi) is 7.10. The molecule has 1 aliphatic carbocycles. The second kappa shape index (κ2) is 10.8. The summed E-state index contributed by atoms with van der Waals surface area (Å²) in [4.78, 5) is 15.7. The number of hydrogen-bond donors (Lipinski definition) is 0. The van der Waals surface area contributed by atoms with Crippen LogP contribution in [0.25, 0.3) is 11.4 Å². The monoisotopic (exact) mass is 543 g/mol. The predicted octanol–water partition coefficient (Wildman–Crippen LogP) is 4.19. The third kappa shape index (κ3) is 5.69. The Morgan fingerprint density at radius 3 is 2.26 bits per heavy atom. The summed E-state index contributed by atoms with van der Waals surface area (Å²) in [6.45, 7) is 5.25. The van der Waals surface area contributed by atoms with Crippen LogP contribution in [0.3, 0.4) is 0 Å². The average Bonchev–Trinajstić information content (AvgIpc) is 3.45. The van der Waals surface area contributed by atoms with Crippen molar-refractivity contribution in [2.45, 2.75) is 25.5 Å². The lowest BCUT2D eigenvalue weighted by atomic mass is 10.2. The van der Waals surface area contributed by atoms with Gasteiger partial charge in [-0.1, -0.05) is 37.3 Å². The molecule has 1 saturated heterocycles. The zero-order chi connectivity index (χ0) is 26.8. The molecule has 2 aromatic carbocycles. The van der Waals surface area contributed by atoms with Gasteiger partial charge < -0.3 is 14.2 Å². The van der Waals surface area contributed by atoms with E-state index in [1.165, 1.54) is 4.68 Å². The highest BCUT2D eigenvalue weighted by molar-refractivity contribution is 7.81. The minimum Gasteiger partial charge on any atom is -0.486 e. The van der Waals surface area contributed by atoms with Crippen molar-refractivity contribution in [3.8, 4) is 17.1 Å². The number of piperazine rings is 1. The topological polar surface area (TPSA) is 72.6 Å². The summed E-state index contributed by atoms with van der Waals surface area (Å²) in [7, 11) is -1.13. The number of nitrogens with zero attached hydrogens (tertiary/aromatic N) is 5. The number of anilines is 1. The maximum atomic E-state index is 13.5. The van der Waals surface area contributed by atoms with Gasteiger partial charge in [-0.2, -0.15) is 9.78 Å². The number of rotatable bonds is 9. The molecule has 202 valence electrons. The van der Waals surface area contributed by atoms with Gasteiger partial charge in [0.2, 0.25) is 5.75 Å².